The van der Waals surface area contributed by atoms with E-state index in [-0.39, 0.29) is 11.7 Å². The van der Waals surface area contributed by atoms with E-state index in [0.29, 0.717) is 24.3 Å². The van der Waals surface area contributed by atoms with Crippen molar-refractivity contribution in [1.29, 1.82) is 5.26 Å². The van der Waals surface area contributed by atoms with Crippen LogP contribution in [0.5, 0.6) is 5.75 Å². The van der Waals surface area contributed by atoms with E-state index < -0.39 is 10.0 Å². The first-order chi connectivity index (χ1) is 8.92. The normalized spacial score (nSPS) is 12.7. The van der Waals surface area contributed by atoms with Crippen LogP contribution in [0.2, 0.25) is 0 Å². The van der Waals surface area contributed by atoms with Gasteiger partial charge in [0, 0.05) is 0 Å². The summed E-state index contributed by atoms with van der Waals surface area (Å²) in [6, 6.07) is 9.08. The number of rotatable bonds is 7. The molecule has 0 radical (unpaired) electrons. The van der Waals surface area contributed by atoms with Gasteiger partial charge >= 0.3 is 0 Å². The molecule has 1 rings (SSSR count). The molecule has 1 unspecified atom stereocenters. The van der Waals surface area contributed by atoms with Crippen molar-refractivity contribution >= 4 is 10.0 Å². The van der Waals surface area contributed by atoms with E-state index >= 15 is 0 Å². The van der Waals surface area contributed by atoms with E-state index in [0.717, 1.165) is 6.42 Å². The van der Waals surface area contributed by atoms with Crippen LogP contribution in [-0.4, -0.2) is 20.8 Å². The van der Waals surface area contributed by atoms with Gasteiger partial charge in [-0.25, -0.2) is 13.6 Å². The first-order valence-electron chi connectivity index (χ1n) is 6.05. The third-order valence-electron chi connectivity index (χ3n) is 2.77. The van der Waals surface area contributed by atoms with Crippen LogP contribution in [0.25, 0.3) is 0 Å². The number of nitrogens with zero attached hydrogens (tertiary/aromatic N) is 1. The summed E-state index contributed by atoms with van der Waals surface area (Å²) >= 11 is 0. The molecule has 0 bridgehead atoms. The Morgan fingerprint density at radius 2 is 2.05 bits per heavy atom. The van der Waals surface area contributed by atoms with E-state index in [4.69, 9.17) is 15.1 Å². The van der Waals surface area contributed by atoms with Gasteiger partial charge in [-0.2, -0.15) is 5.26 Å². The number of primary sulfonamides is 1. The average molecular weight is 282 g/mol. The molecule has 5 nitrogen and oxygen atoms in total. The summed E-state index contributed by atoms with van der Waals surface area (Å²) < 4.78 is 27.2. The fraction of sp³-hybridized carbons (Fsp3) is 0.462. The second kappa shape index (κ2) is 7.12. The zero-order valence-corrected chi connectivity index (χ0v) is 11.7. The van der Waals surface area contributed by atoms with E-state index in [9.17, 15) is 8.42 Å². The maximum atomic E-state index is 10.8. The Labute approximate surface area is 114 Å². The summed E-state index contributed by atoms with van der Waals surface area (Å²) in [5, 5.41) is 13.8. The number of benzene rings is 1. The van der Waals surface area contributed by atoms with Gasteiger partial charge in [0.05, 0.1) is 17.9 Å². The van der Waals surface area contributed by atoms with Crippen molar-refractivity contribution in [2.75, 3.05) is 12.4 Å². The van der Waals surface area contributed by atoms with Crippen molar-refractivity contribution in [2.45, 2.75) is 19.8 Å². The minimum Gasteiger partial charge on any atom is -0.492 e. The molecule has 0 amide bonds. The van der Waals surface area contributed by atoms with Gasteiger partial charge in [0.1, 0.15) is 11.8 Å². The van der Waals surface area contributed by atoms with Gasteiger partial charge in [-0.05, 0) is 30.9 Å². The lowest BCUT2D eigenvalue weighted by atomic mass is 10.1. The van der Waals surface area contributed by atoms with Crippen LogP contribution >= 0.6 is 0 Å². The fourth-order valence-electron chi connectivity index (χ4n) is 1.56. The molecule has 0 fully saturated rings. The molecule has 1 aromatic rings. The largest absolute Gasteiger partial charge is 0.492 e. The predicted molar refractivity (Wildman–Crippen MR) is 73.0 cm³/mol. The van der Waals surface area contributed by atoms with Crippen LogP contribution in [0, 0.1) is 17.2 Å². The Kier molecular flexibility index (Phi) is 5.80. The Morgan fingerprint density at radius 1 is 1.37 bits per heavy atom. The molecule has 0 aromatic heterocycles. The monoisotopic (exact) mass is 282 g/mol. The van der Waals surface area contributed by atoms with Crippen molar-refractivity contribution in [2.24, 2.45) is 11.1 Å². The van der Waals surface area contributed by atoms with Gasteiger partial charge in [-0.3, -0.25) is 0 Å². The minimum absolute atomic E-state index is 0.0110. The van der Waals surface area contributed by atoms with Crippen molar-refractivity contribution in [3.8, 4) is 11.8 Å². The highest BCUT2D eigenvalue weighted by atomic mass is 32.2. The number of nitriles is 1. The van der Waals surface area contributed by atoms with Crippen LogP contribution in [-0.2, 0) is 10.0 Å². The SMILES string of the molecule is CC(CCOc1ccccc1C#N)CCS(N)(=O)=O. The molecule has 19 heavy (non-hydrogen) atoms. The lowest BCUT2D eigenvalue weighted by Gasteiger charge is -2.12. The van der Waals surface area contributed by atoms with Gasteiger partial charge < -0.3 is 4.74 Å². The molecule has 0 saturated heterocycles. The van der Waals surface area contributed by atoms with Gasteiger partial charge in [0.15, 0.2) is 0 Å². The molecule has 1 aromatic carbocycles. The first-order valence-corrected chi connectivity index (χ1v) is 7.76. The molecule has 0 aliphatic rings. The first kappa shape index (κ1) is 15.5. The van der Waals surface area contributed by atoms with Crippen LogP contribution in [0.1, 0.15) is 25.3 Å². The third-order valence-corrected chi connectivity index (χ3v) is 3.58. The zero-order chi connectivity index (χ0) is 14.3. The van der Waals surface area contributed by atoms with Crippen LogP contribution in [0.15, 0.2) is 24.3 Å². The van der Waals surface area contributed by atoms with Gasteiger partial charge in [0.25, 0.3) is 0 Å². The molecule has 104 valence electrons. The molecule has 2 N–H and O–H groups in total. The Hall–Kier alpha value is -1.58. The Balaban J connectivity index is 2.36. The van der Waals surface area contributed by atoms with E-state index in [2.05, 4.69) is 6.07 Å². The number of sulfonamides is 1. The van der Waals surface area contributed by atoms with Gasteiger partial charge in [-0.15, -0.1) is 0 Å². The maximum absolute atomic E-state index is 10.8. The highest BCUT2D eigenvalue weighted by Gasteiger charge is 2.09. The number of ether oxygens (including phenoxy) is 1. The smallest absolute Gasteiger partial charge is 0.209 e. The molecular formula is C13H18N2O3S. The summed E-state index contributed by atoms with van der Waals surface area (Å²) in [7, 11) is -3.39. The molecule has 0 spiro atoms. The second-order valence-electron chi connectivity index (χ2n) is 4.51. The highest BCUT2D eigenvalue weighted by Crippen LogP contribution is 2.17. The minimum atomic E-state index is -3.39. The topological polar surface area (TPSA) is 93.2 Å². The number of nitrogens with two attached hydrogens (primary N) is 1. The van der Waals surface area contributed by atoms with Gasteiger partial charge in [-0.1, -0.05) is 19.1 Å². The van der Waals surface area contributed by atoms with Crippen molar-refractivity contribution in [3.63, 3.8) is 0 Å². The number of hydrogen-bond acceptors (Lipinski definition) is 4. The van der Waals surface area contributed by atoms with Crippen LogP contribution < -0.4 is 9.88 Å². The molecule has 0 saturated carbocycles. The zero-order valence-electron chi connectivity index (χ0n) is 10.9. The Bertz CT molecular complexity index is 549. The standard InChI is InChI=1S/C13H18N2O3S/c1-11(7-9-19(15,16)17)6-8-18-13-5-3-2-4-12(13)10-14/h2-5,11H,6-9H2,1H3,(H2,15,16,17). The molecule has 0 heterocycles. The van der Waals surface area contributed by atoms with Crippen LogP contribution in [0.3, 0.4) is 0 Å². The van der Waals surface area contributed by atoms with E-state index in [1.165, 1.54) is 0 Å². The van der Waals surface area contributed by atoms with E-state index in [1.807, 2.05) is 6.92 Å². The van der Waals surface area contributed by atoms with Crippen molar-refractivity contribution in [1.82, 2.24) is 0 Å². The highest BCUT2D eigenvalue weighted by molar-refractivity contribution is 7.89. The predicted octanol–water partition coefficient (Wildman–Crippen LogP) is 1.64. The summed E-state index contributed by atoms with van der Waals surface area (Å²) in [6.07, 6.45) is 1.23. The average Bonchev–Trinajstić information content (AvgIpc) is 2.36. The second-order valence-corrected chi connectivity index (χ2v) is 6.24. The summed E-state index contributed by atoms with van der Waals surface area (Å²) in [4.78, 5) is 0. The molecular weight excluding hydrogens is 264 g/mol. The molecule has 0 aliphatic carbocycles. The third kappa shape index (κ3) is 6.22. The maximum Gasteiger partial charge on any atom is 0.209 e. The lowest BCUT2D eigenvalue weighted by molar-refractivity contribution is 0.281. The quantitative estimate of drug-likeness (QED) is 0.822. The fourth-order valence-corrected chi connectivity index (χ4v) is 2.30. The summed E-state index contributed by atoms with van der Waals surface area (Å²) in [5.74, 6) is 0.749. The molecule has 0 aliphatic heterocycles. The van der Waals surface area contributed by atoms with Crippen molar-refractivity contribution in [3.05, 3.63) is 29.8 Å². The number of hydrogen-bond donors (Lipinski definition) is 1. The van der Waals surface area contributed by atoms with E-state index in [1.54, 1.807) is 24.3 Å². The van der Waals surface area contributed by atoms with Gasteiger partial charge in [0.2, 0.25) is 10.0 Å². The van der Waals surface area contributed by atoms with Crippen LogP contribution in [0.4, 0.5) is 0 Å². The molecule has 6 heteroatoms. The summed E-state index contributed by atoms with van der Waals surface area (Å²) in [6.45, 7) is 2.40. The summed E-state index contributed by atoms with van der Waals surface area (Å²) in [5.41, 5.74) is 0.500. The van der Waals surface area contributed by atoms with Crippen molar-refractivity contribution < 1.29 is 13.2 Å². The lowest BCUT2D eigenvalue weighted by Crippen LogP contribution is -2.18. The molecule has 1 atom stereocenters. The Morgan fingerprint density at radius 3 is 2.68 bits per heavy atom. The number of para-hydroxylation sites is 1.